The molecular weight excluding hydrogens is 443 g/mol. The van der Waals surface area contributed by atoms with E-state index in [-0.39, 0.29) is 21.2 Å². The van der Waals surface area contributed by atoms with Gasteiger partial charge in [0.15, 0.2) is 0 Å². The molecule has 0 atom stereocenters. The van der Waals surface area contributed by atoms with Gasteiger partial charge in [0.25, 0.3) is 15.9 Å². The van der Waals surface area contributed by atoms with Crippen LogP contribution in [-0.4, -0.2) is 14.3 Å². The van der Waals surface area contributed by atoms with E-state index in [0.717, 1.165) is 0 Å². The molecule has 3 aromatic rings. The maximum absolute atomic E-state index is 12.4. The maximum Gasteiger partial charge on any atom is 0.261 e. The molecule has 5 nitrogen and oxygen atoms in total. The lowest BCUT2D eigenvalue weighted by Gasteiger charge is -2.12. The first kappa shape index (κ1) is 20.5. The lowest BCUT2D eigenvalue weighted by atomic mass is 10.2. The highest BCUT2D eigenvalue weighted by atomic mass is 35.5. The van der Waals surface area contributed by atoms with E-state index in [1.54, 1.807) is 30.3 Å². The molecule has 0 radical (unpaired) electrons. The van der Waals surface area contributed by atoms with Crippen LogP contribution >= 0.6 is 34.8 Å². The number of sulfonamides is 1. The largest absolute Gasteiger partial charge is 0.321 e. The van der Waals surface area contributed by atoms with Gasteiger partial charge in [0.05, 0.1) is 26.3 Å². The Morgan fingerprint density at radius 2 is 1.43 bits per heavy atom. The summed E-state index contributed by atoms with van der Waals surface area (Å²) in [6.45, 7) is 0. The highest BCUT2D eigenvalue weighted by Crippen LogP contribution is 2.28. The first-order valence-corrected chi connectivity index (χ1v) is 10.5. The van der Waals surface area contributed by atoms with E-state index < -0.39 is 15.9 Å². The quantitative estimate of drug-likeness (QED) is 0.518. The second-order valence-electron chi connectivity index (χ2n) is 5.69. The summed E-state index contributed by atoms with van der Waals surface area (Å²) in [5.41, 5.74) is 0.784. The fourth-order valence-electron chi connectivity index (χ4n) is 2.33. The number of amides is 1. The Morgan fingerprint density at radius 1 is 0.786 bits per heavy atom. The van der Waals surface area contributed by atoms with E-state index >= 15 is 0 Å². The number of halogens is 3. The topological polar surface area (TPSA) is 75.3 Å². The van der Waals surface area contributed by atoms with Crippen LogP contribution in [0.5, 0.6) is 0 Å². The molecule has 0 spiro atoms. The minimum atomic E-state index is -3.79. The van der Waals surface area contributed by atoms with Crippen LogP contribution < -0.4 is 10.0 Å². The average molecular weight is 456 g/mol. The van der Waals surface area contributed by atoms with Crippen molar-refractivity contribution in [3.8, 4) is 0 Å². The fourth-order valence-corrected chi connectivity index (χ4v) is 4.17. The Bertz CT molecular complexity index is 1140. The molecule has 0 aliphatic heterocycles. The van der Waals surface area contributed by atoms with Crippen LogP contribution in [0.1, 0.15) is 10.4 Å². The minimum absolute atomic E-state index is 0.0781. The predicted molar refractivity (Wildman–Crippen MR) is 113 cm³/mol. The van der Waals surface area contributed by atoms with Gasteiger partial charge in [0.2, 0.25) is 0 Å². The molecule has 0 bridgehead atoms. The van der Waals surface area contributed by atoms with Crippen LogP contribution in [0, 0.1) is 0 Å². The monoisotopic (exact) mass is 454 g/mol. The zero-order valence-electron chi connectivity index (χ0n) is 14.1. The fraction of sp³-hybridized carbons (Fsp3) is 0. The summed E-state index contributed by atoms with van der Waals surface area (Å²) < 4.78 is 27.2. The normalized spacial score (nSPS) is 11.1. The van der Waals surface area contributed by atoms with Gasteiger partial charge in [-0.25, -0.2) is 8.42 Å². The first-order valence-electron chi connectivity index (χ1n) is 7.90. The summed E-state index contributed by atoms with van der Waals surface area (Å²) >= 11 is 18.1. The minimum Gasteiger partial charge on any atom is -0.321 e. The number of carbonyl (C=O) groups is 1. The summed E-state index contributed by atoms with van der Waals surface area (Å²) in [6.07, 6.45) is 0. The molecule has 2 N–H and O–H groups in total. The Hall–Kier alpha value is -2.25. The molecule has 3 aromatic carbocycles. The molecule has 0 aliphatic carbocycles. The second-order valence-corrected chi connectivity index (χ2v) is 8.62. The molecule has 144 valence electrons. The molecule has 0 unspecified atom stereocenters. The molecular formula is C19H13Cl3N2O3S. The summed E-state index contributed by atoms with van der Waals surface area (Å²) in [7, 11) is -3.79. The summed E-state index contributed by atoms with van der Waals surface area (Å²) in [6, 6.07) is 16.8. The Kier molecular flexibility index (Phi) is 6.15. The molecule has 1 amide bonds. The number of hydrogen-bond acceptors (Lipinski definition) is 3. The van der Waals surface area contributed by atoms with E-state index in [1.807, 2.05) is 0 Å². The van der Waals surface area contributed by atoms with Crippen molar-refractivity contribution in [2.45, 2.75) is 4.90 Å². The van der Waals surface area contributed by atoms with Crippen molar-refractivity contribution in [1.29, 1.82) is 0 Å². The molecule has 3 rings (SSSR count). The van der Waals surface area contributed by atoms with Crippen molar-refractivity contribution in [3.63, 3.8) is 0 Å². The van der Waals surface area contributed by atoms with E-state index in [2.05, 4.69) is 10.0 Å². The van der Waals surface area contributed by atoms with Gasteiger partial charge >= 0.3 is 0 Å². The Labute approximate surface area is 177 Å². The van der Waals surface area contributed by atoms with Gasteiger partial charge in [0, 0.05) is 10.6 Å². The van der Waals surface area contributed by atoms with Gasteiger partial charge in [-0.3, -0.25) is 9.52 Å². The number of carbonyl (C=O) groups excluding carboxylic acids is 1. The van der Waals surface area contributed by atoms with Crippen molar-refractivity contribution in [1.82, 2.24) is 0 Å². The van der Waals surface area contributed by atoms with Crippen LogP contribution in [0.2, 0.25) is 15.1 Å². The lowest BCUT2D eigenvalue weighted by Crippen LogP contribution is -2.15. The highest BCUT2D eigenvalue weighted by Gasteiger charge is 2.17. The van der Waals surface area contributed by atoms with E-state index in [1.165, 1.54) is 36.4 Å². The van der Waals surface area contributed by atoms with Gasteiger partial charge in [-0.15, -0.1) is 0 Å². The van der Waals surface area contributed by atoms with E-state index in [4.69, 9.17) is 34.8 Å². The van der Waals surface area contributed by atoms with Gasteiger partial charge < -0.3 is 5.32 Å². The number of hydrogen-bond donors (Lipinski definition) is 2. The molecule has 0 aromatic heterocycles. The van der Waals surface area contributed by atoms with Crippen molar-refractivity contribution in [2.75, 3.05) is 10.0 Å². The average Bonchev–Trinajstić information content (AvgIpc) is 2.66. The summed E-state index contributed by atoms with van der Waals surface area (Å²) in [5, 5.41) is 3.46. The third-order valence-corrected chi connectivity index (χ3v) is 5.95. The molecule has 0 aliphatic rings. The van der Waals surface area contributed by atoms with Gasteiger partial charge in [-0.05, 0) is 48.5 Å². The summed E-state index contributed by atoms with van der Waals surface area (Å²) in [4.78, 5) is 12.5. The predicted octanol–water partition coefficient (Wildman–Crippen LogP) is 5.70. The second kappa shape index (κ2) is 8.41. The maximum atomic E-state index is 12.4. The lowest BCUT2D eigenvalue weighted by molar-refractivity contribution is 0.102. The third-order valence-electron chi connectivity index (χ3n) is 3.71. The van der Waals surface area contributed by atoms with Gasteiger partial charge in [0.1, 0.15) is 0 Å². The van der Waals surface area contributed by atoms with Crippen molar-refractivity contribution < 1.29 is 13.2 Å². The zero-order valence-corrected chi connectivity index (χ0v) is 17.2. The molecule has 0 saturated heterocycles. The molecule has 28 heavy (non-hydrogen) atoms. The number of nitrogens with one attached hydrogen (secondary N) is 2. The summed E-state index contributed by atoms with van der Waals surface area (Å²) in [5.74, 6) is -0.455. The van der Waals surface area contributed by atoms with E-state index in [0.29, 0.717) is 15.7 Å². The van der Waals surface area contributed by atoms with Gasteiger partial charge in [-0.2, -0.15) is 0 Å². The van der Waals surface area contributed by atoms with Crippen LogP contribution in [0.15, 0.2) is 71.6 Å². The first-order chi connectivity index (χ1) is 13.3. The van der Waals surface area contributed by atoms with Crippen LogP contribution in [0.4, 0.5) is 11.4 Å². The molecule has 0 fully saturated rings. The van der Waals surface area contributed by atoms with Crippen LogP contribution in [0.3, 0.4) is 0 Å². The third kappa shape index (κ3) is 4.77. The number of benzene rings is 3. The Morgan fingerprint density at radius 3 is 2.07 bits per heavy atom. The van der Waals surface area contributed by atoms with E-state index in [9.17, 15) is 13.2 Å². The van der Waals surface area contributed by atoms with Crippen molar-refractivity contribution in [3.05, 3.63) is 87.4 Å². The Balaban J connectivity index is 1.79. The highest BCUT2D eigenvalue weighted by molar-refractivity contribution is 7.92. The van der Waals surface area contributed by atoms with Crippen molar-refractivity contribution in [2.24, 2.45) is 0 Å². The standard InChI is InChI=1S/C19H13Cl3N2O3S/c20-13-7-9-17(16(22)11-13)23-19(25)12-6-8-18(15(21)10-12)24-28(26,27)14-4-2-1-3-5-14/h1-11,24H,(H,23,25). The molecule has 0 heterocycles. The molecule has 9 heteroatoms. The number of anilines is 2. The number of rotatable bonds is 5. The zero-order chi connectivity index (χ0) is 20.3. The van der Waals surface area contributed by atoms with Crippen LogP contribution in [0.25, 0.3) is 0 Å². The molecule has 0 saturated carbocycles. The SMILES string of the molecule is O=C(Nc1ccc(Cl)cc1Cl)c1ccc(NS(=O)(=O)c2ccccc2)c(Cl)c1. The smallest absolute Gasteiger partial charge is 0.261 e. The van der Waals surface area contributed by atoms with Crippen molar-refractivity contribution >= 4 is 62.1 Å². The van der Waals surface area contributed by atoms with Crippen LogP contribution in [-0.2, 0) is 10.0 Å². The van der Waals surface area contributed by atoms with Gasteiger partial charge in [-0.1, -0.05) is 53.0 Å².